The third-order valence-electron chi connectivity index (χ3n) is 3.22. The monoisotopic (exact) mass is 314 g/mol. The van der Waals surface area contributed by atoms with Crippen molar-refractivity contribution in [2.45, 2.75) is 25.1 Å². The van der Waals surface area contributed by atoms with Gasteiger partial charge in [-0.3, -0.25) is 0 Å². The van der Waals surface area contributed by atoms with E-state index in [2.05, 4.69) is 57.7 Å². The normalized spacial score (nSPS) is 20.6. The molecule has 0 aromatic heterocycles. The fourth-order valence-electron chi connectivity index (χ4n) is 2.10. The molecule has 0 aliphatic carbocycles. The molecule has 4 heteroatoms. The maximum atomic E-state index is 5.68. The molecule has 1 fully saturated rings. The van der Waals surface area contributed by atoms with E-state index in [-0.39, 0.29) is 0 Å². The first-order valence-corrected chi connectivity index (χ1v) is 7.93. The van der Waals surface area contributed by atoms with Gasteiger partial charge in [-0.05, 0) is 24.1 Å². The predicted octanol–water partition coefficient (Wildman–Crippen LogP) is 3.24. The molecule has 1 aromatic carbocycles. The second kappa shape index (κ2) is 6.12. The van der Waals surface area contributed by atoms with Crippen molar-refractivity contribution in [3.63, 3.8) is 0 Å². The Bertz CT molecular complexity index is 384. The van der Waals surface area contributed by atoms with E-state index in [0.717, 1.165) is 22.8 Å². The van der Waals surface area contributed by atoms with Crippen LogP contribution in [0.15, 0.2) is 22.7 Å². The lowest BCUT2D eigenvalue weighted by Crippen LogP contribution is -2.37. The topological polar surface area (TPSA) is 29.3 Å². The van der Waals surface area contributed by atoms with Gasteiger partial charge in [0.05, 0.1) is 0 Å². The van der Waals surface area contributed by atoms with E-state index in [4.69, 9.17) is 5.73 Å². The Morgan fingerprint density at radius 3 is 3.00 bits per heavy atom. The molecule has 94 valence electrons. The van der Waals surface area contributed by atoms with Gasteiger partial charge in [-0.15, -0.1) is 0 Å². The Kier molecular flexibility index (Phi) is 4.77. The van der Waals surface area contributed by atoms with Crippen LogP contribution in [-0.2, 0) is 6.54 Å². The number of nitrogens with zero attached hydrogens (tertiary/aromatic N) is 1. The van der Waals surface area contributed by atoms with Crippen molar-refractivity contribution in [1.82, 2.24) is 0 Å². The maximum Gasteiger partial charge on any atom is 0.0378 e. The minimum atomic E-state index is 0.592. The summed E-state index contributed by atoms with van der Waals surface area (Å²) in [6.45, 7) is 5.17. The first-order chi connectivity index (χ1) is 8.24. The summed E-state index contributed by atoms with van der Waals surface area (Å²) in [6.07, 6.45) is 1.25. The summed E-state index contributed by atoms with van der Waals surface area (Å²) >= 11 is 5.69. The van der Waals surface area contributed by atoms with E-state index >= 15 is 0 Å². The van der Waals surface area contributed by atoms with Gasteiger partial charge in [-0.2, -0.15) is 11.8 Å². The van der Waals surface area contributed by atoms with Crippen molar-refractivity contribution >= 4 is 33.4 Å². The zero-order chi connectivity index (χ0) is 12.3. The molecule has 2 nitrogen and oxygen atoms in total. The molecule has 0 bridgehead atoms. The number of thioether (sulfide) groups is 1. The highest BCUT2D eigenvalue weighted by Crippen LogP contribution is 2.28. The molecule has 1 aliphatic rings. The van der Waals surface area contributed by atoms with E-state index in [9.17, 15) is 0 Å². The van der Waals surface area contributed by atoms with Crippen molar-refractivity contribution in [1.29, 1.82) is 0 Å². The van der Waals surface area contributed by atoms with Crippen molar-refractivity contribution in [2.24, 2.45) is 5.73 Å². The molecule has 1 unspecified atom stereocenters. The Morgan fingerprint density at radius 1 is 1.53 bits per heavy atom. The predicted molar refractivity (Wildman–Crippen MR) is 80.8 cm³/mol. The Morgan fingerprint density at radius 2 is 2.35 bits per heavy atom. The Balaban J connectivity index is 2.13. The van der Waals surface area contributed by atoms with E-state index in [1.165, 1.54) is 23.4 Å². The molecule has 1 aromatic rings. The van der Waals surface area contributed by atoms with E-state index < -0.39 is 0 Å². The highest BCUT2D eigenvalue weighted by Gasteiger charge is 2.19. The van der Waals surface area contributed by atoms with E-state index in [1.807, 2.05) is 0 Å². The van der Waals surface area contributed by atoms with Gasteiger partial charge >= 0.3 is 0 Å². The van der Waals surface area contributed by atoms with Gasteiger partial charge in [0.25, 0.3) is 0 Å². The summed E-state index contributed by atoms with van der Waals surface area (Å²) in [7, 11) is 0. The van der Waals surface area contributed by atoms with Crippen molar-refractivity contribution in [2.75, 3.05) is 23.7 Å². The van der Waals surface area contributed by atoms with Crippen LogP contribution in [0, 0.1) is 0 Å². The summed E-state index contributed by atoms with van der Waals surface area (Å²) in [4.78, 5) is 2.48. The summed E-state index contributed by atoms with van der Waals surface area (Å²) in [5, 5.41) is 0.775. The van der Waals surface area contributed by atoms with Crippen LogP contribution < -0.4 is 10.6 Å². The minimum absolute atomic E-state index is 0.592. The minimum Gasteiger partial charge on any atom is -0.370 e. The van der Waals surface area contributed by atoms with E-state index in [0.29, 0.717) is 6.54 Å². The van der Waals surface area contributed by atoms with Crippen LogP contribution in [0.2, 0.25) is 0 Å². The average molecular weight is 315 g/mol. The van der Waals surface area contributed by atoms with Crippen LogP contribution in [0.4, 0.5) is 5.69 Å². The lowest BCUT2D eigenvalue weighted by atomic mass is 10.2. The van der Waals surface area contributed by atoms with Crippen LogP contribution in [0.3, 0.4) is 0 Å². The zero-order valence-corrected chi connectivity index (χ0v) is 12.6. The molecule has 1 saturated heterocycles. The summed E-state index contributed by atoms with van der Waals surface area (Å²) in [6, 6.07) is 6.52. The Hall–Kier alpha value is -0.190. The fourth-order valence-corrected chi connectivity index (χ4v) is 3.81. The SMILES string of the molecule is CCC1CN(c2ccc(CN)c(Br)c2)CCS1. The van der Waals surface area contributed by atoms with Gasteiger partial charge < -0.3 is 10.6 Å². The molecule has 0 spiro atoms. The second-order valence-corrected chi connectivity index (χ2v) is 6.59. The molecule has 2 N–H and O–H groups in total. The van der Waals surface area contributed by atoms with Gasteiger partial charge in [-0.1, -0.05) is 28.9 Å². The Labute approximate surface area is 116 Å². The number of nitrogens with two attached hydrogens (primary N) is 1. The third kappa shape index (κ3) is 3.18. The number of hydrogen-bond acceptors (Lipinski definition) is 3. The first kappa shape index (κ1) is 13.2. The number of anilines is 1. The van der Waals surface area contributed by atoms with Gasteiger partial charge in [0, 0.05) is 40.8 Å². The summed E-state index contributed by atoms with van der Waals surface area (Å²) in [5.74, 6) is 1.23. The van der Waals surface area contributed by atoms with Crippen LogP contribution in [0.5, 0.6) is 0 Å². The molecule has 1 heterocycles. The van der Waals surface area contributed by atoms with Crippen LogP contribution >= 0.6 is 27.7 Å². The van der Waals surface area contributed by atoms with Crippen molar-refractivity contribution in [3.8, 4) is 0 Å². The molecule has 1 atom stereocenters. The number of rotatable bonds is 3. The van der Waals surface area contributed by atoms with Crippen LogP contribution in [0.25, 0.3) is 0 Å². The number of halogens is 1. The van der Waals surface area contributed by atoms with Crippen molar-refractivity contribution in [3.05, 3.63) is 28.2 Å². The molecule has 2 rings (SSSR count). The first-order valence-electron chi connectivity index (χ1n) is 6.09. The lowest BCUT2D eigenvalue weighted by Gasteiger charge is -2.34. The standard InChI is InChI=1S/C13H19BrN2S/c1-2-12-9-16(5-6-17-12)11-4-3-10(8-15)13(14)7-11/h3-4,7,12H,2,5-6,8-9,15H2,1H3. The fraction of sp³-hybridized carbons (Fsp3) is 0.538. The molecule has 0 amide bonds. The molecule has 0 radical (unpaired) electrons. The van der Waals surface area contributed by atoms with Crippen LogP contribution in [-0.4, -0.2) is 24.1 Å². The van der Waals surface area contributed by atoms with E-state index in [1.54, 1.807) is 0 Å². The zero-order valence-electron chi connectivity index (χ0n) is 10.2. The number of hydrogen-bond donors (Lipinski definition) is 1. The summed E-state index contributed by atoms with van der Waals surface area (Å²) < 4.78 is 1.13. The lowest BCUT2D eigenvalue weighted by molar-refractivity contribution is 0.728. The molecular formula is C13H19BrN2S. The highest BCUT2D eigenvalue weighted by molar-refractivity contribution is 9.10. The number of benzene rings is 1. The third-order valence-corrected chi connectivity index (χ3v) is 5.33. The van der Waals surface area contributed by atoms with Crippen LogP contribution in [0.1, 0.15) is 18.9 Å². The highest BCUT2D eigenvalue weighted by atomic mass is 79.9. The second-order valence-electron chi connectivity index (χ2n) is 4.33. The van der Waals surface area contributed by atoms with Gasteiger partial charge in [0.15, 0.2) is 0 Å². The summed E-state index contributed by atoms with van der Waals surface area (Å²) in [5.41, 5.74) is 8.16. The van der Waals surface area contributed by atoms with Crippen molar-refractivity contribution < 1.29 is 0 Å². The molecule has 17 heavy (non-hydrogen) atoms. The van der Waals surface area contributed by atoms with Gasteiger partial charge in [0.1, 0.15) is 0 Å². The molecule has 0 saturated carbocycles. The molecular weight excluding hydrogens is 296 g/mol. The smallest absolute Gasteiger partial charge is 0.0378 e. The maximum absolute atomic E-state index is 5.68. The largest absolute Gasteiger partial charge is 0.370 e. The molecule has 1 aliphatic heterocycles. The quantitative estimate of drug-likeness (QED) is 0.928. The average Bonchev–Trinajstić information content (AvgIpc) is 2.38. The van der Waals surface area contributed by atoms with Gasteiger partial charge in [0.2, 0.25) is 0 Å². The van der Waals surface area contributed by atoms with Gasteiger partial charge in [-0.25, -0.2) is 0 Å².